The number of amides is 1. The highest BCUT2D eigenvalue weighted by atomic mass is 32.1. The maximum Gasteiger partial charge on any atom is 0.342 e. The summed E-state index contributed by atoms with van der Waals surface area (Å²) in [6.07, 6.45) is 1.73. The fraction of sp³-hybridized carbons (Fsp3) is 0.217. The molecule has 0 bridgehead atoms. The minimum atomic E-state index is -0.572. The standard InChI is InChI=1S/C23H20FNO4S/c1-28-19-10-7-14(11-18(19)24)12-29-23(27)20-17(15-5-3-2-4-6-15)13-30-22(20)25-21(26)16-8-9-16/h2-7,10-11,13,16H,8-9,12H2,1H3,(H,25,26). The van der Waals surface area contributed by atoms with E-state index in [-0.39, 0.29) is 24.2 Å². The maximum absolute atomic E-state index is 13.9. The number of thiophene rings is 1. The summed E-state index contributed by atoms with van der Waals surface area (Å²) < 4.78 is 24.3. The Balaban J connectivity index is 1.58. The molecule has 0 aliphatic heterocycles. The van der Waals surface area contributed by atoms with Crippen molar-refractivity contribution < 1.29 is 23.5 Å². The van der Waals surface area contributed by atoms with Gasteiger partial charge in [0.05, 0.1) is 7.11 Å². The van der Waals surface area contributed by atoms with Crippen LogP contribution in [-0.4, -0.2) is 19.0 Å². The van der Waals surface area contributed by atoms with Crippen molar-refractivity contribution in [3.05, 3.63) is 70.9 Å². The monoisotopic (exact) mass is 425 g/mol. The molecule has 3 aromatic rings. The van der Waals surface area contributed by atoms with Gasteiger partial charge in [0.15, 0.2) is 11.6 Å². The van der Waals surface area contributed by atoms with Gasteiger partial charge in [0.1, 0.15) is 17.2 Å². The highest BCUT2D eigenvalue weighted by Crippen LogP contribution is 2.38. The van der Waals surface area contributed by atoms with E-state index in [1.54, 1.807) is 6.07 Å². The van der Waals surface area contributed by atoms with E-state index in [4.69, 9.17) is 9.47 Å². The van der Waals surface area contributed by atoms with Crippen LogP contribution in [0.25, 0.3) is 11.1 Å². The molecule has 1 saturated carbocycles. The number of halogens is 1. The zero-order valence-corrected chi connectivity index (χ0v) is 17.1. The van der Waals surface area contributed by atoms with Crippen molar-refractivity contribution in [2.75, 3.05) is 12.4 Å². The number of carbonyl (C=O) groups excluding carboxylic acids is 2. The number of hydrogen-bond acceptors (Lipinski definition) is 5. The molecule has 4 rings (SSSR count). The van der Waals surface area contributed by atoms with Crippen LogP contribution in [0.1, 0.15) is 28.8 Å². The van der Waals surface area contributed by atoms with Crippen LogP contribution in [0.4, 0.5) is 9.39 Å². The van der Waals surface area contributed by atoms with Gasteiger partial charge >= 0.3 is 5.97 Å². The summed E-state index contributed by atoms with van der Waals surface area (Å²) in [5.74, 6) is -1.04. The van der Waals surface area contributed by atoms with Crippen LogP contribution in [-0.2, 0) is 16.1 Å². The Morgan fingerprint density at radius 2 is 1.93 bits per heavy atom. The Hall–Kier alpha value is -3.19. The molecule has 0 spiro atoms. The lowest BCUT2D eigenvalue weighted by Gasteiger charge is -2.10. The van der Waals surface area contributed by atoms with Gasteiger partial charge in [-0.1, -0.05) is 36.4 Å². The Bertz CT molecular complexity index is 1080. The third-order valence-electron chi connectivity index (χ3n) is 4.85. The van der Waals surface area contributed by atoms with Gasteiger partial charge in [0.2, 0.25) is 5.91 Å². The molecule has 1 fully saturated rings. The van der Waals surface area contributed by atoms with Gasteiger partial charge < -0.3 is 14.8 Å². The smallest absolute Gasteiger partial charge is 0.342 e. The summed E-state index contributed by atoms with van der Waals surface area (Å²) in [5, 5.41) is 5.17. The second kappa shape index (κ2) is 8.67. The summed E-state index contributed by atoms with van der Waals surface area (Å²) in [6.45, 7) is -0.0974. The zero-order valence-electron chi connectivity index (χ0n) is 16.3. The molecule has 2 aromatic carbocycles. The first kappa shape index (κ1) is 20.1. The number of esters is 1. The number of hydrogen-bond donors (Lipinski definition) is 1. The average Bonchev–Trinajstić information content (AvgIpc) is 3.53. The molecule has 0 atom stereocenters. The van der Waals surface area contributed by atoms with Crippen molar-refractivity contribution in [2.45, 2.75) is 19.4 Å². The molecule has 1 amide bonds. The van der Waals surface area contributed by atoms with E-state index < -0.39 is 11.8 Å². The SMILES string of the molecule is COc1ccc(COC(=O)c2c(-c3ccccc3)csc2NC(=O)C2CC2)cc1F. The predicted molar refractivity (Wildman–Crippen MR) is 113 cm³/mol. The van der Waals surface area contributed by atoms with Crippen molar-refractivity contribution in [3.63, 3.8) is 0 Å². The van der Waals surface area contributed by atoms with Crippen LogP contribution < -0.4 is 10.1 Å². The Kier molecular flexibility index (Phi) is 5.81. The van der Waals surface area contributed by atoms with Gasteiger partial charge in [-0.05, 0) is 36.1 Å². The lowest BCUT2D eigenvalue weighted by molar-refractivity contribution is -0.117. The third-order valence-corrected chi connectivity index (χ3v) is 5.75. The molecule has 30 heavy (non-hydrogen) atoms. The normalized spacial score (nSPS) is 13.0. The summed E-state index contributed by atoms with van der Waals surface area (Å²) in [5.41, 5.74) is 2.36. The molecule has 1 aliphatic carbocycles. The number of rotatable bonds is 7. The largest absolute Gasteiger partial charge is 0.494 e. The summed E-state index contributed by atoms with van der Waals surface area (Å²) >= 11 is 1.29. The molecule has 0 unspecified atom stereocenters. The Morgan fingerprint density at radius 3 is 2.60 bits per heavy atom. The minimum absolute atomic E-state index is 0.0124. The van der Waals surface area contributed by atoms with Crippen LogP contribution in [0.5, 0.6) is 5.75 Å². The maximum atomic E-state index is 13.9. The van der Waals surface area contributed by atoms with E-state index in [1.807, 2.05) is 35.7 Å². The first-order valence-corrected chi connectivity index (χ1v) is 10.4. The molecule has 1 aliphatic rings. The summed E-state index contributed by atoms with van der Waals surface area (Å²) in [7, 11) is 1.39. The van der Waals surface area contributed by atoms with Gasteiger partial charge in [0.25, 0.3) is 0 Å². The minimum Gasteiger partial charge on any atom is -0.494 e. The molecule has 154 valence electrons. The van der Waals surface area contributed by atoms with E-state index in [9.17, 15) is 14.0 Å². The van der Waals surface area contributed by atoms with Gasteiger partial charge in [-0.25, -0.2) is 9.18 Å². The van der Waals surface area contributed by atoms with Gasteiger partial charge in [-0.3, -0.25) is 4.79 Å². The quantitative estimate of drug-likeness (QED) is 0.524. The Morgan fingerprint density at radius 1 is 1.17 bits per heavy atom. The van der Waals surface area contributed by atoms with Gasteiger partial charge in [-0.2, -0.15) is 0 Å². The summed E-state index contributed by atoms with van der Waals surface area (Å²) in [4.78, 5) is 25.2. The number of benzene rings is 2. The fourth-order valence-corrected chi connectivity index (χ4v) is 4.02. The van der Waals surface area contributed by atoms with Crippen molar-refractivity contribution >= 4 is 28.2 Å². The topological polar surface area (TPSA) is 64.6 Å². The Labute approximate surface area is 177 Å². The second-order valence-corrected chi connectivity index (χ2v) is 7.91. The highest BCUT2D eigenvalue weighted by Gasteiger charge is 2.31. The second-order valence-electron chi connectivity index (χ2n) is 7.03. The number of methoxy groups -OCH3 is 1. The first-order chi connectivity index (χ1) is 14.6. The lowest BCUT2D eigenvalue weighted by Crippen LogP contribution is -2.16. The molecule has 1 heterocycles. The van der Waals surface area contributed by atoms with Crippen molar-refractivity contribution in [1.29, 1.82) is 0 Å². The van der Waals surface area contributed by atoms with E-state index in [2.05, 4.69) is 5.32 Å². The number of ether oxygens (including phenoxy) is 2. The molecular weight excluding hydrogens is 405 g/mol. The average molecular weight is 425 g/mol. The van der Waals surface area contributed by atoms with Crippen LogP contribution in [0, 0.1) is 11.7 Å². The summed E-state index contributed by atoms with van der Waals surface area (Å²) in [6, 6.07) is 13.8. The van der Waals surface area contributed by atoms with E-state index in [1.165, 1.54) is 30.6 Å². The number of anilines is 1. The molecule has 0 saturated heterocycles. The highest BCUT2D eigenvalue weighted by molar-refractivity contribution is 7.15. The molecule has 0 radical (unpaired) electrons. The zero-order chi connectivity index (χ0) is 21.1. The van der Waals surface area contributed by atoms with Gasteiger partial charge in [-0.15, -0.1) is 11.3 Å². The van der Waals surface area contributed by atoms with Crippen molar-refractivity contribution in [1.82, 2.24) is 0 Å². The molecule has 5 nitrogen and oxygen atoms in total. The van der Waals surface area contributed by atoms with Crippen LogP contribution in [0.2, 0.25) is 0 Å². The van der Waals surface area contributed by atoms with Crippen molar-refractivity contribution in [3.8, 4) is 16.9 Å². The van der Waals surface area contributed by atoms with Crippen LogP contribution in [0.15, 0.2) is 53.9 Å². The van der Waals surface area contributed by atoms with E-state index >= 15 is 0 Å². The van der Waals surface area contributed by atoms with Gasteiger partial charge in [0, 0.05) is 16.9 Å². The fourth-order valence-electron chi connectivity index (χ4n) is 3.06. The predicted octanol–water partition coefficient (Wildman–Crippen LogP) is 5.27. The van der Waals surface area contributed by atoms with Crippen LogP contribution >= 0.6 is 11.3 Å². The van der Waals surface area contributed by atoms with Crippen LogP contribution in [0.3, 0.4) is 0 Å². The molecule has 7 heteroatoms. The van der Waals surface area contributed by atoms with E-state index in [0.717, 1.165) is 18.4 Å². The molecule has 1 aromatic heterocycles. The first-order valence-electron chi connectivity index (χ1n) is 9.54. The lowest BCUT2D eigenvalue weighted by atomic mass is 10.0. The van der Waals surface area contributed by atoms with E-state index in [0.29, 0.717) is 21.7 Å². The number of carbonyl (C=O) groups is 2. The molecule has 1 N–H and O–H groups in total. The van der Waals surface area contributed by atoms with Crippen molar-refractivity contribution in [2.24, 2.45) is 5.92 Å². The number of nitrogens with one attached hydrogen (secondary N) is 1. The third kappa shape index (κ3) is 4.36. The molecular formula is C23H20FNO4S.